The quantitative estimate of drug-likeness (QED) is 0.755. The van der Waals surface area contributed by atoms with Crippen molar-refractivity contribution < 1.29 is 15.0 Å². The predicted octanol–water partition coefficient (Wildman–Crippen LogP) is 2.85. The Bertz CT molecular complexity index is 474. The first-order valence-electron chi connectivity index (χ1n) is 5.93. The van der Waals surface area contributed by atoms with Crippen LogP contribution < -0.4 is 0 Å². The lowest BCUT2D eigenvalue weighted by Gasteiger charge is -2.28. The fraction of sp³-hybridized carbons (Fsp3) is 0.400. The van der Waals surface area contributed by atoms with Gasteiger partial charge in [-0.15, -0.1) is 0 Å². The molecule has 0 atom stereocenters. The van der Waals surface area contributed by atoms with E-state index in [0.29, 0.717) is 5.57 Å². The molecule has 0 unspecified atom stereocenters. The largest absolute Gasteiger partial charge is 0.504 e. The van der Waals surface area contributed by atoms with Gasteiger partial charge in [-0.2, -0.15) is 0 Å². The van der Waals surface area contributed by atoms with E-state index in [1.54, 1.807) is 19.1 Å². The molecule has 1 aliphatic carbocycles. The van der Waals surface area contributed by atoms with E-state index in [2.05, 4.69) is 0 Å². The molecule has 3 heteroatoms. The summed E-state index contributed by atoms with van der Waals surface area (Å²) in [5, 5.41) is 18.4. The van der Waals surface area contributed by atoms with Gasteiger partial charge >= 0.3 is 0 Å². The number of hydrogen-bond acceptors (Lipinski definition) is 3. The van der Waals surface area contributed by atoms with E-state index in [0.717, 1.165) is 11.1 Å². The Hall–Kier alpha value is -1.61. The highest BCUT2D eigenvalue weighted by atomic mass is 16.3. The molecule has 0 heterocycles. The third-order valence-electron chi connectivity index (χ3n) is 3.10. The Labute approximate surface area is 108 Å². The fourth-order valence-electron chi connectivity index (χ4n) is 2.05. The van der Waals surface area contributed by atoms with E-state index in [1.807, 2.05) is 32.9 Å². The summed E-state index contributed by atoms with van der Waals surface area (Å²) in [6.45, 7) is 7.50. The zero-order valence-corrected chi connectivity index (χ0v) is 11.3. The lowest BCUT2D eigenvalue weighted by atomic mass is 9.76. The van der Waals surface area contributed by atoms with Crippen LogP contribution in [0.1, 0.15) is 27.7 Å². The van der Waals surface area contributed by atoms with Crippen LogP contribution in [0.5, 0.6) is 0 Å². The van der Waals surface area contributed by atoms with Crippen molar-refractivity contribution >= 4 is 5.78 Å². The van der Waals surface area contributed by atoms with Crippen LogP contribution in [0.3, 0.4) is 0 Å². The fourth-order valence-corrected chi connectivity index (χ4v) is 2.05. The van der Waals surface area contributed by atoms with E-state index in [1.165, 1.54) is 0 Å². The van der Waals surface area contributed by atoms with Crippen molar-refractivity contribution in [1.82, 2.24) is 0 Å². The molecule has 2 N–H and O–H groups in total. The molecule has 0 amide bonds. The van der Waals surface area contributed by atoms with Crippen molar-refractivity contribution in [1.29, 1.82) is 0 Å². The van der Waals surface area contributed by atoms with Crippen molar-refractivity contribution in [3.05, 3.63) is 46.8 Å². The Morgan fingerprint density at radius 2 is 2.06 bits per heavy atom. The summed E-state index contributed by atoms with van der Waals surface area (Å²) in [4.78, 5) is 11.7. The van der Waals surface area contributed by atoms with Crippen molar-refractivity contribution in [2.75, 3.05) is 6.61 Å². The van der Waals surface area contributed by atoms with Crippen LogP contribution in [0.15, 0.2) is 46.8 Å². The van der Waals surface area contributed by atoms with Crippen LogP contribution in [-0.2, 0) is 4.79 Å². The summed E-state index contributed by atoms with van der Waals surface area (Å²) in [7, 11) is 0. The van der Waals surface area contributed by atoms with Gasteiger partial charge < -0.3 is 10.2 Å². The van der Waals surface area contributed by atoms with E-state index in [4.69, 9.17) is 5.11 Å². The minimum atomic E-state index is -0.377. The van der Waals surface area contributed by atoms with Crippen molar-refractivity contribution in [2.45, 2.75) is 27.7 Å². The van der Waals surface area contributed by atoms with Gasteiger partial charge in [0.1, 0.15) is 0 Å². The molecule has 1 aliphatic rings. The number of ketones is 1. The van der Waals surface area contributed by atoms with E-state index in [9.17, 15) is 9.90 Å². The van der Waals surface area contributed by atoms with Crippen molar-refractivity contribution in [3.63, 3.8) is 0 Å². The minimum absolute atomic E-state index is 0.00276. The molecule has 0 aromatic heterocycles. The lowest BCUT2D eigenvalue weighted by molar-refractivity contribution is -0.114. The highest BCUT2D eigenvalue weighted by Gasteiger charge is 2.30. The molecule has 0 radical (unpaired) electrons. The van der Waals surface area contributed by atoms with Gasteiger partial charge in [-0.1, -0.05) is 37.6 Å². The normalized spacial score (nSPS) is 20.6. The van der Waals surface area contributed by atoms with E-state index < -0.39 is 0 Å². The molecular formula is C15H20O3. The van der Waals surface area contributed by atoms with Crippen LogP contribution in [0.2, 0.25) is 0 Å². The molecule has 0 bridgehead atoms. The van der Waals surface area contributed by atoms with Gasteiger partial charge in [-0.3, -0.25) is 4.79 Å². The zero-order chi connectivity index (χ0) is 13.9. The van der Waals surface area contributed by atoms with Crippen LogP contribution in [-0.4, -0.2) is 22.6 Å². The summed E-state index contributed by atoms with van der Waals surface area (Å²) in [5.41, 5.74) is 2.00. The Morgan fingerprint density at radius 3 is 2.61 bits per heavy atom. The number of allylic oxidation sites excluding steroid dienone is 6. The second kappa shape index (κ2) is 5.36. The van der Waals surface area contributed by atoms with Crippen LogP contribution in [0.4, 0.5) is 0 Å². The maximum absolute atomic E-state index is 11.7. The molecule has 0 saturated carbocycles. The Morgan fingerprint density at radius 1 is 1.44 bits per heavy atom. The average Bonchev–Trinajstić information content (AvgIpc) is 2.25. The summed E-state index contributed by atoms with van der Waals surface area (Å²) < 4.78 is 0. The first-order valence-corrected chi connectivity index (χ1v) is 5.93. The molecule has 0 fully saturated rings. The average molecular weight is 248 g/mol. The van der Waals surface area contributed by atoms with Gasteiger partial charge in [0.05, 0.1) is 6.61 Å². The molecule has 18 heavy (non-hydrogen) atoms. The smallest absolute Gasteiger partial charge is 0.222 e. The van der Waals surface area contributed by atoms with Crippen LogP contribution in [0.25, 0.3) is 0 Å². The van der Waals surface area contributed by atoms with Crippen molar-refractivity contribution in [2.24, 2.45) is 5.41 Å². The second-order valence-electron chi connectivity index (χ2n) is 5.08. The topological polar surface area (TPSA) is 57.5 Å². The molecule has 0 aromatic rings. The van der Waals surface area contributed by atoms with Gasteiger partial charge in [0.2, 0.25) is 5.78 Å². The van der Waals surface area contributed by atoms with E-state index >= 15 is 0 Å². The summed E-state index contributed by atoms with van der Waals surface area (Å²) >= 11 is 0. The maximum atomic E-state index is 11.7. The molecule has 3 nitrogen and oxygen atoms in total. The molecule has 98 valence electrons. The summed E-state index contributed by atoms with van der Waals surface area (Å²) in [5.74, 6) is -0.505. The summed E-state index contributed by atoms with van der Waals surface area (Å²) in [6, 6.07) is 0. The van der Waals surface area contributed by atoms with Gasteiger partial charge in [0.25, 0.3) is 0 Å². The van der Waals surface area contributed by atoms with Crippen molar-refractivity contribution in [3.8, 4) is 0 Å². The third kappa shape index (κ3) is 2.99. The Balaban J connectivity index is 3.14. The highest BCUT2D eigenvalue weighted by Crippen LogP contribution is 2.37. The molecule has 0 spiro atoms. The first kappa shape index (κ1) is 14.5. The van der Waals surface area contributed by atoms with Crippen LogP contribution >= 0.6 is 0 Å². The van der Waals surface area contributed by atoms with Gasteiger partial charge in [0.15, 0.2) is 5.76 Å². The SMILES string of the molecule is CC1=C(/C=C/C(C)=C/CO)C(C)(C)C=C(O)C1=O. The molecule has 0 aromatic carbocycles. The summed E-state index contributed by atoms with van der Waals surface area (Å²) in [6.07, 6.45) is 7.00. The third-order valence-corrected chi connectivity index (χ3v) is 3.10. The first-order chi connectivity index (χ1) is 8.29. The molecule has 1 rings (SSSR count). The number of Topliss-reactive ketones (excluding diaryl/α,β-unsaturated/α-hetero) is 1. The zero-order valence-electron chi connectivity index (χ0n) is 11.3. The standard InChI is InChI=1S/C15H20O3/c1-10(7-8-16)5-6-12-11(2)14(18)13(17)9-15(12,3)4/h5-7,9,16-17H,8H2,1-4H3/b6-5+,10-7+. The number of carbonyl (C=O) groups is 1. The minimum Gasteiger partial charge on any atom is -0.504 e. The van der Waals surface area contributed by atoms with Gasteiger partial charge in [-0.25, -0.2) is 0 Å². The maximum Gasteiger partial charge on any atom is 0.222 e. The van der Waals surface area contributed by atoms with Crippen LogP contribution in [0, 0.1) is 5.41 Å². The van der Waals surface area contributed by atoms with Gasteiger partial charge in [-0.05, 0) is 25.5 Å². The predicted molar refractivity (Wildman–Crippen MR) is 72.2 cm³/mol. The number of hydrogen-bond donors (Lipinski definition) is 2. The molecule has 0 aliphatic heterocycles. The molecular weight excluding hydrogens is 228 g/mol. The lowest BCUT2D eigenvalue weighted by Crippen LogP contribution is -2.23. The highest BCUT2D eigenvalue weighted by molar-refractivity contribution is 6.08. The van der Waals surface area contributed by atoms with E-state index in [-0.39, 0.29) is 23.6 Å². The number of aliphatic hydroxyl groups is 2. The number of aliphatic hydroxyl groups excluding tert-OH is 2. The second-order valence-corrected chi connectivity index (χ2v) is 5.08. The Kier molecular flexibility index (Phi) is 4.30. The molecule has 0 saturated heterocycles. The number of rotatable bonds is 3. The number of carbonyl (C=O) groups excluding carboxylic acids is 1. The monoisotopic (exact) mass is 248 g/mol. The van der Waals surface area contributed by atoms with Gasteiger partial charge in [0, 0.05) is 11.0 Å².